The number of ketones is 1. The van der Waals surface area contributed by atoms with Crippen LogP contribution in [0, 0.1) is 17.1 Å². The molecule has 1 aromatic carbocycles. The van der Waals surface area contributed by atoms with E-state index in [2.05, 4.69) is 0 Å². The summed E-state index contributed by atoms with van der Waals surface area (Å²) in [7, 11) is 0. The molecule has 0 bridgehead atoms. The zero-order chi connectivity index (χ0) is 12.0. The average Bonchev–Trinajstić information content (AvgIpc) is 2.27. The van der Waals surface area contributed by atoms with E-state index in [0.29, 0.717) is 6.42 Å². The fraction of sp³-hybridized carbons (Fsp3) is 0.333. The molecule has 0 heterocycles. The Bertz CT molecular complexity index is 424. The first-order valence-electron chi connectivity index (χ1n) is 5.01. The predicted molar refractivity (Wildman–Crippen MR) is 56.5 cm³/mol. The van der Waals surface area contributed by atoms with E-state index in [0.717, 1.165) is 12.5 Å². The molecule has 1 aromatic rings. The van der Waals surface area contributed by atoms with Gasteiger partial charge in [0.25, 0.3) is 0 Å². The third-order valence-corrected chi connectivity index (χ3v) is 1.98. The molecule has 3 nitrogen and oxygen atoms in total. The standard InChI is InChI=1S/C12H12FNO2/c1-2-3-10(15)8-16-12-5-4-9(7-14)6-11(12)13/h4-6H,2-3,8H2,1H3. The Morgan fingerprint density at radius 1 is 1.56 bits per heavy atom. The van der Waals surface area contributed by atoms with Crippen molar-refractivity contribution >= 4 is 5.78 Å². The highest BCUT2D eigenvalue weighted by Crippen LogP contribution is 2.17. The van der Waals surface area contributed by atoms with Crippen molar-refractivity contribution in [1.82, 2.24) is 0 Å². The highest BCUT2D eigenvalue weighted by molar-refractivity contribution is 5.79. The molecule has 0 spiro atoms. The molecule has 4 heteroatoms. The van der Waals surface area contributed by atoms with Crippen LogP contribution in [0.4, 0.5) is 4.39 Å². The van der Waals surface area contributed by atoms with Gasteiger partial charge in [0.2, 0.25) is 0 Å². The molecular formula is C12H12FNO2. The maximum atomic E-state index is 13.3. The fourth-order valence-electron chi connectivity index (χ4n) is 1.20. The number of benzene rings is 1. The van der Waals surface area contributed by atoms with Crippen molar-refractivity contribution in [3.63, 3.8) is 0 Å². The average molecular weight is 221 g/mol. The summed E-state index contributed by atoms with van der Waals surface area (Å²) < 4.78 is 18.3. The zero-order valence-corrected chi connectivity index (χ0v) is 9.00. The van der Waals surface area contributed by atoms with E-state index in [4.69, 9.17) is 10.00 Å². The van der Waals surface area contributed by atoms with E-state index in [1.54, 1.807) is 0 Å². The molecule has 0 aliphatic carbocycles. The molecule has 0 aliphatic heterocycles. The Hall–Kier alpha value is -1.89. The highest BCUT2D eigenvalue weighted by Gasteiger charge is 2.07. The summed E-state index contributed by atoms with van der Waals surface area (Å²) in [4.78, 5) is 11.2. The first-order valence-corrected chi connectivity index (χ1v) is 5.01. The van der Waals surface area contributed by atoms with E-state index in [1.807, 2.05) is 13.0 Å². The molecule has 0 atom stereocenters. The molecule has 0 saturated carbocycles. The zero-order valence-electron chi connectivity index (χ0n) is 9.00. The lowest BCUT2D eigenvalue weighted by molar-refractivity contribution is -0.121. The van der Waals surface area contributed by atoms with Gasteiger partial charge < -0.3 is 4.74 Å². The quantitative estimate of drug-likeness (QED) is 0.767. The Labute approximate surface area is 93.5 Å². The van der Waals surface area contributed by atoms with E-state index in [1.165, 1.54) is 12.1 Å². The smallest absolute Gasteiger partial charge is 0.170 e. The molecule has 0 unspecified atom stereocenters. The van der Waals surface area contributed by atoms with Gasteiger partial charge in [0.1, 0.15) is 6.61 Å². The minimum atomic E-state index is -0.622. The van der Waals surface area contributed by atoms with Crippen LogP contribution >= 0.6 is 0 Å². The van der Waals surface area contributed by atoms with Gasteiger partial charge in [-0.1, -0.05) is 6.92 Å². The van der Waals surface area contributed by atoms with E-state index in [9.17, 15) is 9.18 Å². The highest BCUT2D eigenvalue weighted by atomic mass is 19.1. The van der Waals surface area contributed by atoms with E-state index in [-0.39, 0.29) is 23.7 Å². The number of nitrogens with zero attached hydrogens (tertiary/aromatic N) is 1. The Morgan fingerprint density at radius 3 is 2.88 bits per heavy atom. The van der Waals surface area contributed by atoms with Gasteiger partial charge in [-0.05, 0) is 24.6 Å². The first-order chi connectivity index (χ1) is 7.67. The number of rotatable bonds is 5. The minimum absolute atomic E-state index is 0.00320. The summed E-state index contributed by atoms with van der Waals surface area (Å²) in [6, 6.07) is 5.70. The van der Waals surface area contributed by atoms with Crippen molar-refractivity contribution in [3.05, 3.63) is 29.6 Å². The lowest BCUT2D eigenvalue weighted by atomic mass is 10.2. The summed E-state index contributed by atoms with van der Waals surface area (Å²) in [5.41, 5.74) is 0.227. The van der Waals surface area contributed by atoms with Gasteiger partial charge >= 0.3 is 0 Å². The van der Waals surface area contributed by atoms with Crippen molar-refractivity contribution in [2.45, 2.75) is 19.8 Å². The van der Waals surface area contributed by atoms with Gasteiger partial charge in [-0.3, -0.25) is 4.79 Å². The molecule has 0 aliphatic rings. The third-order valence-electron chi connectivity index (χ3n) is 1.98. The van der Waals surface area contributed by atoms with Gasteiger partial charge in [0, 0.05) is 6.42 Å². The van der Waals surface area contributed by atoms with Crippen molar-refractivity contribution < 1.29 is 13.9 Å². The molecule has 0 fully saturated rings. The van der Waals surface area contributed by atoms with Crippen molar-refractivity contribution in [3.8, 4) is 11.8 Å². The third kappa shape index (κ3) is 3.35. The minimum Gasteiger partial charge on any atom is -0.483 e. The maximum Gasteiger partial charge on any atom is 0.170 e. The molecule has 0 saturated heterocycles. The number of nitriles is 1. The number of halogens is 1. The molecule has 16 heavy (non-hydrogen) atoms. The molecule has 0 radical (unpaired) electrons. The van der Waals surface area contributed by atoms with Crippen LogP contribution in [0.25, 0.3) is 0 Å². The number of carbonyl (C=O) groups is 1. The van der Waals surface area contributed by atoms with Crippen molar-refractivity contribution in [2.24, 2.45) is 0 Å². The largest absolute Gasteiger partial charge is 0.483 e. The van der Waals surface area contributed by atoms with Crippen LogP contribution in [0.2, 0.25) is 0 Å². The second kappa shape index (κ2) is 5.86. The van der Waals surface area contributed by atoms with Crippen LogP contribution in [-0.2, 0) is 4.79 Å². The van der Waals surface area contributed by atoms with Crippen molar-refractivity contribution in [1.29, 1.82) is 5.26 Å². The Balaban J connectivity index is 2.62. The first kappa shape index (κ1) is 12.2. The number of hydrogen-bond donors (Lipinski definition) is 0. The van der Waals surface area contributed by atoms with Crippen LogP contribution in [0.15, 0.2) is 18.2 Å². The Morgan fingerprint density at radius 2 is 2.31 bits per heavy atom. The van der Waals surface area contributed by atoms with Gasteiger partial charge in [-0.25, -0.2) is 4.39 Å². The summed E-state index contributed by atoms with van der Waals surface area (Å²) in [5.74, 6) is -0.682. The molecule has 0 aromatic heterocycles. The lowest BCUT2D eigenvalue weighted by Crippen LogP contribution is -2.11. The van der Waals surface area contributed by atoms with Crippen LogP contribution in [0.5, 0.6) is 5.75 Å². The van der Waals surface area contributed by atoms with Crippen LogP contribution in [0.3, 0.4) is 0 Å². The summed E-state index contributed by atoms with van der Waals surface area (Å²) >= 11 is 0. The molecule has 1 rings (SSSR count). The molecule has 0 amide bonds. The van der Waals surface area contributed by atoms with Gasteiger partial charge in [0.15, 0.2) is 17.3 Å². The predicted octanol–water partition coefficient (Wildman–Crippen LogP) is 2.45. The Kier molecular flexibility index (Phi) is 4.46. The fourth-order valence-corrected chi connectivity index (χ4v) is 1.20. The maximum absolute atomic E-state index is 13.3. The lowest BCUT2D eigenvalue weighted by Gasteiger charge is -2.05. The van der Waals surface area contributed by atoms with Crippen LogP contribution in [0.1, 0.15) is 25.3 Å². The topological polar surface area (TPSA) is 50.1 Å². The SMILES string of the molecule is CCCC(=O)COc1ccc(C#N)cc1F. The summed E-state index contributed by atoms with van der Waals surface area (Å²) in [6.07, 6.45) is 1.18. The second-order valence-electron chi connectivity index (χ2n) is 3.33. The monoisotopic (exact) mass is 221 g/mol. The normalized spacial score (nSPS) is 9.56. The summed E-state index contributed by atoms with van der Waals surface area (Å²) in [6.45, 7) is 1.76. The summed E-state index contributed by atoms with van der Waals surface area (Å²) in [5, 5.41) is 8.53. The number of hydrogen-bond acceptors (Lipinski definition) is 3. The molecule has 84 valence electrons. The number of carbonyl (C=O) groups excluding carboxylic acids is 1. The van der Waals surface area contributed by atoms with Crippen LogP contribution in [-0.4, -0.2) is 12.4 Å². The number of ether oxygens (including phenoxy) is 1. The molecular weight excluding hydrogens is 209 g/mol. The van der Waals surface area contributed by atoms with E-state index >= 15 is 0 Å². The van der Waals surface area contributed by atoms with Crippen molar-refractivity contribution in [2.75, 3.05) is 6.61 Å². The van der Waals surface area contributed by atoms with Gasteiger partial charge in [0.05, 0.1) is 11.6 Å². The second-order valence-corrected chi connectivity index (χ2v) is 3.33. The van der Waals surface area contributed by atoms with E-state index < -0.39 is 5.82 Å². The number of Topliss-reactive ketones (excluding diaryl/α,β-unsaturated/α-hetero) is 1. The van der Waals surface area contributed by atoms with Gasteiger partial charge in [-0.2, -0.15) is 5.26 Å². The molecule has 0 N–H and O–H groups in total. The van der Waals surface area contributed by atoms with Crippen LogP contribution < -0.4 is 4.74 Å². The van der Waals surface area contributed by atoms with Gasteiger partial charge in [-0.15, -0.1) is 0 Å².